The average molecular weight is 322 g/mol. The lowest BCUT2D eigenvalue weighted by Gasteiger charge is -2.24. The van der Waals surface area contributed by atoms with E-state index in [1.165, 1.54) is 11.3 Å². The molecule has 6 nitrogen and oxygen atoms in total. The summed E-state index contributed by atoms with van der Waals surface area (Å²) in [7, 11) is 0. The molecule has 2 aromatic rings. The molecule has 2 heterocycles. The van der Waals surface area contributed by atoms with Gasteiger partial charge in [0.1, 0.15) is 10.8 Å². The Morgan fingerprint density at radius 1 is 1.45 bits per heavy atom. The van der Waals surface area contributed by atoms with Gasteiger partial charge in [-0.05, 0) is 27.7 Å². The van der Waals surface area contributed by atoms with Crippen LogP contribution in [0.1, 0.15) is 48.7 Å². The van der Waals surface area contributed by atoms with Gasteiger partial charge >= 0.3 is 6.03 Å². The van der Waals surface area contributed by atoms with E-state index in [4.69, 9.17) is 4.52 Å². The van der Waals surface area contributed by atoms with Gasteiger partial charge in [-0.15, -0.1) is 11.3 Å². The predicted octanol–water partition coefficient (Wildman–Crippen LogP) is 3.09. The third-order valence-corrected chi connectivity index (χ3v) is 4.64. The van der Waals surface area contributed by atoms with Crippen molar-refractivity contribution in [3.8, 4) is 0 Å². The average Bonchev–Trinajstić information content (AvgIpc) is 3.06. The zero-order valence-electron chi connectivity index (χ0n) is 13.6. The van der Waals surface area contributed by atoms with Gasteiger partial charge in [0, 0.05) is 29.6 Å². The van der Waals surface area contributed by atoms with Crippen LogP contribution >= 0.6 is 11.3 Å². The van der Waals surface area contributed by atoms with Crippen molar-refractivity contribution in [1.82, 2.24) is 20.8 Å². The van der Waals surface area contributed by atoms with Crippen LogP contribution in [0.15, 0.2) is 16.1 Å². The Balaban J connectivity index is 1.91. The molecule has 0 aliphatic carbocycles. The number of nitrogens with one attached hydrogen (secondary N) is 2. The van der Waals surface area contributed by atoms with E-state index >= 15 is 0 Å². The van der Waals surface area contributed by atoms with Crippen molar-refractivity contribution in [3.63, 3.8) is 0 Å². The van der Waals surface area contributed by atoms with Gasteiger partial charge < -0.3 is 15.2 Å². The van der Waals surface area contributed by atoms with Gasteiger partial charge in [0.15, 0.2) is 0 Å². The van der Waals surface area contributed by atoms with Crippen LogP contribution in [0.4, 0.5) is 4.79 Å². The van der Waals surface area contributed by atoms with Crippen molar-refractivity contribution in [1.29, 1.82) is 0 Å². The highest BCUT2D eigenvalue weighted by atomic mass is 32.1. The highest BCUT2D eigenvalue weighted by Gasteiger charge is 2.26. The minimum absolute atomic E-state index is 0.139. The number of urea groups is 1. The van der Waals surface area contributed by atoms with E-state index in [9.17, 15) is 4.79 Å². The Kier molecular flexibility index (Phi) is 4.85. The molecule has 0 saturated carbocycles. The smallest absolute Gasteiger partial charge is 0.315 e. The Morgan fingerprint density at radius 2 is 2.18 bits per heavy atom. The summed E-state index contributed by atoms with van der Waals surface area (Å²) < 4.78 is 5.17. The van der Waals surface area contributed by atoms with Crippen molar-refractivity contribution in [2.75, 3.05) is 6.54 Å². The molecule has 0 saturated heterocycles. The highest BCUT2D eigenvalue weighted by molar-refractivity contribution is 7.09. The van der Waals surface area contributed by atoms with Gasteiger partial charge in [0.25, 0.3) is 0 Å². The molecule has 1 atom stereocenters. The van der Waals surface area contributed by atoms with Gasteiger partial charge in [0.05, 0.1) is 11.2 Å². The number of carbonyl (C=O) groups excluding carboxylic acids is 1. The molecule has 0 radical (unpaired) electrons. The molecule has 0 aliphatic heterocycles. The van der Waals surface area contributed by atoms with Crippen molar-refractivity contribution in [3.05, 3.63) is 33.6 Å². The molecule has 2 rings (SSSR count). The highest BCUT2D eigenvalue weighted by Crippen LogP contribution is 2.23. The number of thiazole rings is 1. The molecule has 2 N–H and O–H groups in total. The van der Waals surface area contributed by atoms with Crippen molar-refractivity contribution in [2.24, 2.45) is 0 Å². The van der Waals surface area contributed by atoms with Crippen molar-refractivity contribution in [2.45, 2.75) is 46.1 Å². The van der Waals surface area contributed by atoms with Gasteiger partial charge in [-0.1, -0.05) is 12.1 Å². The van der Waals surface area contributed by atoms with Crippen LogP contribution in [-0.2, 0) is 5.54 Å². The molecule has 0 bridgehead atoms. The van der Waals surface area contributed by atoms with Gasteiger partial charge in [-0.3, -0.25) is 0 Å². The number of nitrogens with zero attached hydrogens (tertiary/aromatic N) is 2. The standard InChI is InChI=1S/C15H22N4O2S/c1-9(12-10(2)19-21-11(12)3)8-17-14(20)18-15(4,5)13-16-6-7-22-13/h6-7,9H,8H2,1-5H3,(H2,17,18,20). The first-order valence-corrected chi connectivity index (χ1v) is 8.08. The Hall–Kier alpha value is -1.89. The zero-order valence-corrected chi connectivity index (χ0v) is 14.4. The number of hydrogen-bond acceptors (Lipinski definition) is 5. The quantitative estimate of drug-likeness (QED) is 0.886. The van der Waals surface area contributed by atoms with Crippen molar-refractivity contribution < 1.29 is 9.32 Å². The van der Waals surface area contributed by atoms with E-state index in [1.54, 1.807) is 6.20 Å². The summed E-state index contributed by atoms with van der Waals surface area (Å²) in [4.78, 5) is 16.4. The topological polar surface area (TPSA) is 80.0 Å². The van der Waals surface area contributed by atoms with Crippen LogP contribution in [0, 0.1) is 13.8 Å². The third kappa shape index (κ3) is 3.65. The summed E-state index contributed by atoms with van der Waals surface area (Å²) in [6, 6.07) is -0.209. The molecule has 0 aliphatic rings. The summed E-state index contributed by atoms with van der Waals surface area (Å²) in [5.41, 5.74) is 1.43. The van der Waals surface area contributed by atoms with Gasteiger partial charge in [0.2, 0.25) is 0 Å². The van der Waals surface area contributed by atoms with E-state index in [0.29, 0.717) is 6.54 Å². The number of aryl methyl sites for hydroxylation is 2. The SMILES string of the molecule is Cc1noc(C)c1C(C)CNC(=O)NC(C)(C)c1nccs1. The predicted molar refractivity (Wildman–Crippen MR) is 86.1 cm³/mol. The van der Waals surface area contributed by atoms with Crippen LogP contribution in [0.2, 0.25) is 0 Å². The third-order valence-electron chi connectivity index (χ3n) is 3.54. The second-order valence-corrected chi connectivity index (χ2v) is 6.83. The molecular weight excluding hydrogens is 300 g/mol. The van der Waals surface area contributed by atoms with E-state index in [0.717, 1.165) is 22.0 Å². The molecule has 2 amide bonds. The van der Waals surface area contributed by atoms with Crippen LogP contribution in [0.3, 0.4) is 0 Å². The lowest BCUT2D eigenvalue weighted by atomic mass is 10.00. The summed E-state index contributed by atoms with van der Waals surface area (Å²) in [6.07, 6.45) is 1.74. The molecule has 0 aromatic carbocycles. The largest absolute Gasteiger partial charge is 0.361 e. The minimum Gasteiger partial charge on any atom is -0.361 e. The fourth-order valence-electron chi connectivity index (χ4n) is 2.46. The summed E-state index contributed by atoms with van der Waals surface area (Å²) in [5.74, 6) is 0.940. The number of aromatic nitrogens is 2. The lowest BCUT2D eigenvalue weighted by Crippen LogP contribution is -2.47. The molecular formula is C15H22N4O2S. The number of carbonyl (C=O) groups is 1. The lowest BCUT2D eigenvalue weighted by molar-refractivity contribution is 0.229. The first-order chi connectivity index (χ1) is 10.3. The van der Waals surface area contributed by atoms with E-state index in [1.807, 2.05) is 40.0 Å². The number of amides is 2. The van der Waals surface area contributed by atoms with Crippen LogP contribution in [-0.4, -0.2) is 22.7 Å². The minimum atomic E-state index is -0.496. The molecule has 2 aromatic heterocycles. The fraction of sp³-hybridized carbons (Fsp3) is 0.533. The van der Waals surface area contributed by atoms with Crippen LogP contribution in [0.25, 0.3) is 0 Å². The maximum Gasteiger partial charge on any atom is 0.315 e. The maximum atomic E-state index is 12.1. The number of hydrogen-bond donors (Lipinski definition) is 2. The van der Waals surface area contributed by atoms with Crippen LogP contribution in [0.5, 0.6) is 0 Å². The molecule has 0 fully saturated rings. The Labute approximate surface area is 134 Å². The normalized spacial score (nSPS) is 13.0. The molecule has 120 valence electrons. The maximum absolute atomic E-state index is 12.1. The Morgan fingerprint density at radius 3 is 2.73 bits per heavy atom. The second-order valence-electron chi connectivity index (χ2n) is 5.94. The molecule has 22 heavy (non-hydrogen) atoms. The second kappa shape index (κ2) is 6.48. The Bertz CT molecular complexity index is 615. The van der Waals surface area contributed by atoms with Gasteiger partial charge in [-0.2, -0.15) is 0 Å². The summed E-state index contributed by atoms with van der Waals surface area (Å²) in [5, 5.41) is 12.6. The van der Waals surface area contributed by atoms with Crippen molar-refractivity contribution >= 4 is 17.4 Å². The first-order valence-electron chi connectivity index (χ1n) is 7.20. The van der Waals surface area contributed by atoms with Crippen LogP contribution < -0.4 is 10.6 Å². The molecule has 0 spiro atoms. The van der Waals surface area contributed by atoms with Gasteiger partial charge in [-0.25, -0.2) is 9.78 Å². The monoisotopic (exact) mass is 322 g/mol. The van der Waals surface area contributed by atoms with E-state index in [-0.39, 0.29) is 11.9 Å². The summed E-state index contributed by atoms with van der Waals surface area (Å²) >= 11 is 1.52. The number of rotatable bonds is 5. The molecule has 1 unspecified atom stereocenters. The van der Waals surface area contributed by atoms with E-state index < -0.39 is 5.54 Å². The van der Waals surface area contributed by atoms with E-state index in [2.05, 4.69) is 20.8 Å². The fourth-order valence-corrected chi connectivity index (χ4v) is 3.17. The molecule has 7 heteroatoms. The zero-order chi connectivity index (χ0) is 16.3. The summed E-state index contributed by atoms with van der Waals surface area (Å²) in [6.45, 7) is 10.2. The first kappa shape index (κ1) is 16.5.